The van der Waals surface area contributed by atoms with Crippen molar-refractivity contribution in [2.45, 2.75) is 46.0 Å². The molecule has 1 atom stereocenters. The number of unbranched alkanes of at least 4 members (excludes halogenated alkanes) is 1. The standard InChI is InChI=1S/C12H23NO3/c1-4-6-7-10(5-2)12(16)13(3)9-8-11(14)15/h10H,4-9H2,1-3H3,(H,14,15). The van der Waals surface area contributed by atoms with E-state index in [0.29, 0.717) is 6.54 Å². The molecule has 4 nitrogen and oxygen atoms in total. The van der Waals surface area contributed by atoms with Crippen molar-refractivity contribution in [2.75, 3.05) is 13.6 Å². The van der Waals surface area contributed by atoms with Crippen molar-refractivity contribution in [2.24, 2.45) is 5.92 Å². The van der Waals surface area contributed by atoms with Crippen LogP contribution >= 0.6 is 0 Å². The van der Waals surface area contributed by atoms with Crippen LogP contribution in [0.4, 0.5) is 0 Å². The van der Waals surface area contributed by atoms with Gasteiger partial charge in [0.05, 0.1) is 6.42 Å². The van der Waals surface area contributed by atoms with Gasteiger partial charge in [0.15, 0.2) is 0 Å². The number of carbonyl (C=O) groups is 2. The van der Waals surface area contributed by atoms with Crippen LogP contribution in [0.1, 0.15) is 46.0 Å². The van der Waals surface area contributed by atoms with Gasteiger partial charge in [-0.3, -0.25) is 9.59 Å². The second kappa shape index (κ2) is 8.13. The van der Waals surface area contributed by atoms with Crippen LogP contribution in [0.5, 0.6) is 0 Å². The van der Waals surface area contributed by atoms with Gasteiger partial charge in [0.2, 0.25) is 5.91 Å². The summed E-state index contributed by atoms with van der Waals surface area (Å²) in [6.45, 7) is 4.41. The van der Waals surface area contributed by atoms with E-state index in [9.17, 15) is 9.59 Å². The summed E-state index contributed by atoms with van der Waals surface area (Å²) in [6, 6.07) is 0. The number of amides is 1. The molecule has 1 unspecified atom stereocenters. The molecule has 0 radical (unpaired) electrons. The van der Waals surface area contributed by atoms with Crippen molar-refractivity contribution in [3.63, 3.8) is 0 Å². The highest BCUT2D eigenvalue weighted by molar-refractivity contribution is 5.79. The Kier molecular flexibility index (Phi) is 7.60. The lowest BCUT2D eigenvalue weighted by atomic mass is 9.98. The van der Waals surface area contributed by atoms with Crippen molar-refractivity contribution in [1.29, 1.82) is 0 Å². The van der Waals surface area contributed by atoms with Crippen LogP contribution in [0.25, 0.3) is 0 Å². The molecule has 4 heteroatoms. The zero-order valence-electron chi connectivity index (χ0n) is 10.5. The van der Waals surface area contributed by atoms with Crippen molar-refractivity contribution in [1.82, 2.24) is 4.90 Å². The lowest BCUT2D eigenvalue weighted by Crippen LogP contribution is -2.34. The van der Waals surface area contributed by atoms with Crippen molar-refractivity contribution in [3.05, 3.63) is 0 Å². The minimum absolute atomic E-state index is 0.0203. The van der Waals surface area contributed by atoms with Crippen molar-refractivity contribution >= 4 is 11.9 Å². The second-order valence-electron chi connectivity index (χ2n) is 4.15. The van der Waals surface area contributed by atoms with Gasteiger partial charge in [-0.1, -0.05) is 26.7 Å². The first-order valence-electron chi connectivity index (χ1n) is 5.99. The van der Waals surface area contributed by atoms with Crippen LogP contribution < -0.4 is 0 Å². The zero-order chi connectivity index (χ0) is 12.6. The molecule has 0 spiro atoms. The third-order valence-corrected chi connectivity index (χ3v) is 2.79. The van der Waals surface area contributed by atoms with E-state index in [1.54, 1.807) is 7.05 Å². The Balaban J connectivity index is 4.10. The number of nitrogens with zero attached hydrogens (tertiary/aromatic N) is 1. The number of rotatable bonds is 8. The summed E-state index contributed by atoms with van der Waals surface area (Å²) < 4.78 is 0. The van der Waals surface area contributed by atoms with Gasteiger partial charge < -0.3 is 10.0 Å². The Morgan fingerprint density at radius 2 is 1.94 bits per heavy atom. The zero-order valence-corrected chi connectivity index (χ0v) is 10.5. The monoisotopic (exact) mass is 229 g/mol. The van der Waals surface area contributed by atoms with Crippen LogP contribution in [-0.2, 0) is 9.59 Å². The first-order valence-corrected chi connectivity index (χ1v) is 5.99. The SMILES string of the molecule is CCCCC(CC)C(=O)N(C)CCC(=O)O. The van der Waals surface area contributed by atoms with E-state index in [2.05, 4.69) is 6.92 Å². The number of aliphatic carboxylic acids is 1. The molecule has 0 heterocycles. The Labute approximate surface area is 97.6 Å². The molecule has 1 amide bonds. The van der Waals surface area contributed by atoms with Gasteiger partial charge in [-0.25, -0.2) is 0 Å². The fourth-order valence-electron chi connectivity index (χ4n) is 1.64. The van der Waals surface area contributed by atoms with E-state index in [-0.39, 0.29) is 18.2 Å². The molecule has 0 saturated heterocycles. The first-order chi connectivity index (χ1) is 7.52. The lowest BCUT2D eigenvalue weighted by Gasteiger charge is -2.22. The van der Waals surface area contributed by atoms with E-state index in [1.807, 2.05) is 6.92 Å². The molecule has 0 bridgehead atoms. The quantitative estimate of drug-likeness (QED) is 0.693. The molecule has 0 aromatic heterocycles. The molecule has 1 N–H and O–H groups in total. The average molecular weight is 229 g/mol. The maximum atomic E-state index is 11.9. The highest BCUT2D eigenvalue weighted by Crippen LogP contribution is 2.15. The molecule has 0 saturated carbocycles. The summed E-state index contributed by atoms with van der Waals surface area (Å²) in [6.07, 6.45) is 3.89. The lowest BCUT2D eigenvalue weighted by molar-refractivity contribution is -0.139. The molecular formula is C12H23NO3. The van der Waals surface area contributed by atoms with Crippen molar-refractivity contribution in [3.8, 4) is 0 Å². The molecule has 0 aliphatic heterocycles. The highest BCUT2D eigenvalue weighted by atomic mass is 16.4. The molecular weight excluding hydrogens is 206 g/mol. The van der Waals surface area contributed by atoms with Gasteiger partial charge in [-0.15, -0.1) is 0 Å². The smallest absolute Gasteiger partial charge is 0.305 e. The van der Waals surface area contributed by atoms with Crippen LogP contribution in [0.2, 0.25) is 0 Å². The summed E-state index contributed by atoms with van der Waals surface area (Å²) in [5, 5.41) is 8.54. The average Bonchev–Trinajstić information content (AvgIpc) is 2.26. The van der Waals surface area contributed by atoms with Crippen LogP contribution in [0, 0.1) is 5.92 Å². The van der Waals surface area contributed by atoms with Gasteiger partial charge in [0.25, 0.3) is 0 Å². The van der Waals surface area contributed by atoms with E-state index in [4.69, 9.17) is 5.11 Å². The first kappa shape index (κ1) is 14.9. The normalized spacial score (nSPS) is 12.2. The summed E-state index contributed by atoms with van der Waals surface area (Å²) in [7, 11) is 1.68. The minimum Gasteiger partial charge on any atom is -0.481 e. The van der Waals surface area contributed by atoms with Gasteiger partial charge in [-0.05, 0) is 12.8 Å². The number of hydrogen-bond donors (Lipinski definition) is 1. The van der Waals surface area contributed by atoms with Gasteiger partial charge >= 0.3 is 5.97 Å². The maximum absolute atomic E-state index is 11.9. The minimum atomic E-state index is -0.860. The number of carboxylic acids is 1. The molecule has 0 aromatic rings. The largest absolute Gasteiger partial charge is 0.481 e. The second-order valence-corrected chi connectivity index (χ2v) is 4.15. The summed E-state index contributed by atoms with van der Waals surface area (Å²) in [4.78, 5) is 23.9. The van der Waals surface area contributed by atoms with E-state index in [1.165, 1.54) is 4.90 Å². The topological polar surface area (TPSA) is 57.6 Å². The summed E-state index contributed by atoms with van der Waals surface area (Å²) >= 11 is 0. The van der Waals surface area contributed by atoms with Gasteiger partial charge in [0.1, 0.15) is 0 Å². The third kappa shape index (κ3) is 5.73. The molecule has 0 rings (SSSR count). The van der Waals surface area contributed by atoms with Crippen molar-refractivity contribution < 1.29 is 14.7 Å². The van der Waals surface area contributed by atoms with E-state index in [0.717, 1.165) is 25.7 Å². The molecule has 0 aliphatic rings. The van der Waals surface area contributed by atoms with Crippen LogP contribution in [-0.4, -0.2) is 35.5 Å². The molecule has 16 heavy (non-hydrogen) atoms. The molecule has 0 aromatic carbocycles. The van der Waals surface area contributed by atoms with Gasteiger partial charge in [-0.2, -0.15) is 0 Å². The Hall–Kier alpha value is -1.06. The van der Waals surface area contributed by atoms with E-state index >= 15 is 0 Å². The maximum Gasteiger partial charge on any atom is 0.305 e. The fraction of sp³-hybridized carbons (Fsp3) is 0.833. The Bertz CT molecular complexity index is 228. The summed E-state index contributed by atoms with van der Waals surface area (Å²) in [5.41, 5.74) is 0. The number of carboxylic acid groups (broad SMARTS) is 1. The Morgan fingerprint density at radius 3 is 2.38 bits per heavy atom. The van der Waals surface area contributed by atoms with E-state index < -0.39 is 5.97 Å². The predicted octanol–water partition coefficient (Wildman–Crippen LogP) is 2.14. The summed E-state index contributed by atoms with van der Waals surface area (Å²) in [5.74, 6) is -0.725. The predicted molar refractivity (Wildman–Crippen MR) is 63.2 cm³/mol. The molecule has 0 fully saturated rings. The molecule has 94 valence electrons. The number of hydrogen-bond acceptors (Lipinski definition) is 2. The highest BCUT2D eigenvalue weighted by Gasteiger charge is 2.19. The molecule has 0 aliphatic carbocycles. The third-order valence-electron chi connectivity index (χ3n) is 2.79. The Morgan fingerprint density at radius 1 is 1.31 bits per heavy atom. The van der Waals surface area contributed by atoms with Gasteiger partial charge in [0, 0.05) is 19.5 Å². The van der Waals surface area contributed by atoms with Crippen LogP contribution in [0.15, 0.2) is 0 Å². The van der Waals surface area contributed by atoms with Crippen LogP contribution in [0.3, 0.4) is 0 Å². The number of carbonyl (C=O) groups excluding carboxylic acids is 1. The fourth-order valence-corrected chi connectivity index (χ4v) is 1.64.